The molecule has 2 fully saturated rings. The molecule has 1 aliphatic heterocycles. The predicted octanol–water partition coefficient (Wildman–Crippen LogP) is 3.75. The average Bonchev–Trinajstić information content (AvgIpc) is 3.75. The van der Waals surface area contributed by atoms with Gasteiger partial charge in [0.1, 0.15) is 5.82 Å². The standard InChI is InChI=1S/C27H31F4N3O5S/c1-39-25(35)20-4-8-22(9-5-20)40(37,38)32-12-15-33-13-10-18(11-14-33)17-34(31)26(36)27(29,30)24-16-23(24)19-2-6-21(28)7-3-19/h2-9,18,23-24,32H,10-17H2,1H3. The number of esters is 1. The van der Waals surface area contributed by atoms with Crippen molar-refractivity contribution in [2.75, 3.05) is 39.8 Å². The molecule has 1 heterocycles. The van der Waals surface area contributed by atoms with E-state index in [-0.39, 0.29) is 34.5 Å². The van der Waals surface area contributed by atoms with Gasteiger partial charge in [0.15, 0.2) is 0 Å². The number of amides is 1. The minimum atomic E-state index is -3.86. The molecule has 2 aromatic rings. The first-order valence-corrected chi connectivity index (χ1v) is 14.4. The second-order valence-electron chi connectivity index (χ2n) is 10.2. The number of nitrogens with zero attached hydrogens (tertiary/aromatic N) is 2. The molecule has 2 aromatic carbocycles. The molecule has 0 bridgehead atoms. The molecule has 1 saturated heterocycles. The number of likely N-dealkylation sites (tertiary alicyclic amines) is 1. The number of hydrogen-bond donors (Lipinski definition) is 1. The number of benzene rings is 2. The van der Waals surface area contributed by atoms with Gasteiger partial charge in [0.05, 0.1) is 24.1 Å². The van der Waals surface area contributed by atoms with Gasteiger partial charge in [-0.1, -0.05) is 16.6 Å². The van der Waals surface area contributed by atoms with Crippen LogP contribution in [-0.4, -0.2) is 76.1 Å². The number of sulfonamides is 1. The molecule has 13 heteroatoms. The Balaban J connectivity index is 1.19. The van der Waals surface area contributed by atoms with E-state index in [9.17, 15) is 35.7 Å². The summed E-state index contributed by atoms with van der Waals surface area (Å²) in [5.41, 5.74) is 0.721. The number of halogens is 4. The van der Waals surface area contributed by atoms with Gasteiger partial charge < -0.3 is 9.64 Å². The van der Waals surface area contributed by atoms with Crippen molar-refractivity contribution in [1.82, 2.24) is 14.7 Å². The molecule has 218 valence electrons. The van der Waals surface area contributed by atoms with Crippen LogP contribution < -0.4 is 4.72 Å². The van der Waals surface area contributed by atoms with Crippen molar-refractivity contribution >= 4 is 21.9 Å². The van der Waals surface area contributed by atoms with Crippen LogP contribution in [0, 0.1) is 17.7 Å². The van der Waals surface area contributed by atoms with E-state index in [0.717, 1.165) is 0 Å². The predicted molar refractivity (Wildman–Crippen MR) is 137 cm³/mol. The second-order valence-corrected chi connectivity index (χ2v) is 11.9. The van der Waals surface area contributed by atoms with E-state index in [1.165, 1.54) is 55.6 Å². The highest BCUT2D eigenvalue weighted by molar-refractivity contribution is 7.89. The molecule has 2 atom stereocenters. The third kappa shape index (κ3) is 6.99. The largest absolute Gasteiger partial charge is 0.465 e. The van der Waals surface area contributed by atoms with Crippen molar-refractivity contribution in [3.63, 3.8) is 0 Å². The molecule has 40 heavy (non-hydrogen) atoms. The summed E-state index contributed by atoms with van der Waals surface area (Å²) in [7, 11) is -2.57. The minimum Gasteiger partial charge on any atom is -0.465 e. The van der Waals surface area contributed by atoms with Crippen LogP contribution >= 0.6 is 0 Å². The first-order valence-electron chi connectivity index (χ1n) is 12.9. The molecular weight excluding hydrogens is 554 g/mol. The van der Waals surface area contributed by atoms with Crippen LogP contribution in [-0.2, 0) is 19.6 Å². The van der Waals surface area contributed by atoms with Crippen LogP contribution in [0.1, 0.15) is 41.1 Å². The van der Waals surface area contributed by atoms with Crippen LogP contribution in [0.4, 0.5) is 17.7 Å². The zero-order valence-corrected chi connectivity index (χ0v) is 22.7. The van der Waals surface area contributed by atoms with Gasteiger partial charge in [-0.2, -0.15) is 13.9 Å². The van der Waals surface area contributed by atoms with Crippen LogP contribution in [0.3, 0.4) is 0 Å². The molecule has 1 N–H and O–H groups in total. The van der Waals surface area contributed by atoms with E-state index in [4.69, 9.17) is 0 Å². The Bertz CT molecular complexity index is 1300. The number of hydrogen-bond acceptors (Lipinski definition) is 6. The smallest absolute Gasteiger partial charge is 0.337 e. The van der Waals surface area contributed by atoms with E-state index in [1.54, 1.807) is 0 Å². The monoisotopic (exact) mass is 585 g/mol. The van der Waals surface area contributed by atoms with E-state index >= 15 is 0 Å². The summed E-state index contributed by atoms with van der Waals surface area (Å²) >= 11 is 0. The fraction of sp³-hybridized carbons (Fsp3) is 0.481. The van der Waals surface area contributed by atoms with Gasteiger partial charge in [-0.15, -0.1) is 0 Å². The highest BCUT2D eigenvalue weighted by Crippen LogP contribution is 2.56. The molecule has 0 radical (unpaired) electrons. The molecule has 1 aliphatic carbocycles. The molecule has 0 aromatic heterocycles. The summed E-state index contributed by atoms with van der Waals surface area (Å²) in [5.74, 6) is -9.02. The maximum atomic E-state index is 14.7. The summed E-state index contributed by atoms with van der Waals surface area (Å²) < 4.78 is 89.2. The number of nitrogens with one attached hydrogen (secondary N) is 1. The Morgan fingerprint density at radius 2 is 1.70 bits per heavy atom. The van der Waals surface area contributed by atoms with Crippen molar-refractivity contribution in [3.8, 4) is 0 Å². The molecule has 2 unspecified atom stereocenters. The van der Waals surface area contributed by atoms with Crippen molar-refractivity contribution in [2.45, 2.75) is 36.0 Å². The fourth-order valence-corrected chi connectivity index (χ4v) is 6.03. The topological polar surface area (TPSA) is 96.0 Å². The van der Waals surface area contributed by atoms with Gasteiger partial charge in [0.25, 0.3) is 0 Å². The third-order valence-corrected chi connectivity index (χ3v) is 8.97. The number of carbonyl (C=O) groups excluding carboxylic acids is 2. The minimum absolute atomic E-state index is 0.00134. The maximum absolute atomic E-state index is 14.7. The number of alkyl halides is 2. The van der Waals surface area contributed by atoms with Crippen molar-refractivity contribution in [1.29, 1.82) is 0 Å². The number of piperidine rings is 1. The van der Waals surface area contributed by atoms with Gasteiger partial charge in [-0.25, -0.2) is 22.3 Å². The lowest BCUT2D eigenvalue weighted by Crippen LogP contribution is -2.45. The first-order chi connectivity index (χ1) is 18.9. The molecular formula is C27H31F4N3O5S. The van der Waals surface area contributed by atoms with Gasteiger partial charge >= 0.3 is 17.8 Å². The first kappa shape index (κ1) is 29.9. The zero-order valence-electron chi connectivity index (χ0n) is 21.9. The highest BCUT2D eigenvalue weighted by atomic mass is 32.2. The van der Waals surface area contributed by atoms with Gasteiger partial charge in [-0.3, -0.25) is 4.79 Å². The molecule has 8 nitrogen and oxygen atoms in total. The summed E-state index contributed by atoms with van der Waals surface area (Å²) in [6, 6.07) is 10.5. The SMILES string of the molecule is COC(=O)c1ccc(S(=O)(=O)NCCN2CCC(CN(F)C(=O)C(F)(F)C3CC3c3ccc(F)cc3)CC2)cc1. The lowest BCUT2D eigenvalue weighted by molar-refractivity contribution is -0.178. The fourth-order valence-electron chi connectivity index (χ4n) is 5.01. The van der Waals surface area contributed by atoms with E-state index < -0.39 is 52.0 Å². The molecule has 2 aliphatic rings. The second kappa shape index (κ2) is 12.2. The normalized spacial score (nSPS) is 20.2. The molecule has 0 spiro atoms. The van der Waals surface area contributed by atoms with Gasteiger partial charge in [-0.05, 0) is 86.1 Å². The summed E-state index contributed by atoms with van der Waals surface area (Å²) in [4.78, 5) is 25.7. The Labute approximate surface area is 230 Å². The van der Waals surface area contributed by atoms with E-state index in [1.807, 2.05) is 4.90 Å². The summed E-state index contributed by atoms with van der Waals surface area (Å²) in [6.45, 7) is 1.05. The zero-order chi connectivity index (χ0) is 29.1. The highest BCUT2D eigenvalue weighted by Gasteiger charge is 2.61. The molecule has 4 rings (SSSR count). The Hall–Kier alpha value is -3.03. The Morgan fingerprint density at radius 3 is 2.30 bits per heavy atom. The molecule has 1 saturated carbocycles. The van der Waals surface area contributed by atoms with E-state index in [0.29, 0.717) is 38.0 Å². The summed E-state index contributed by atoms with van der Waals surface area (Å²) in [5, 5.41) is -0.375. The number of methoxy groups -OCH3 is 1. The third-order valence-electron chi connectivity index (χ3n) is 7.49. The Kier molecular flexibility index (Phi) is 9.16. The van der Waals surface area contributed by atoms with Crippen LogP contribution in [0.5, 0.6) is 0 Å². The van der Waals surface area contributed by atoms with Crippen LogP contribution in [0.25, 0.3) is 0 Å². The Morgan fingerprint density at radius 1 is 1.07 bits per heavy atom. The van der Waals surface area contributed by atoms with Gasteiger partial charge in [0.2, 0.25) is 10.0 Å². The average molecular weight is 586 g/mol. The lowest BCUT2D eigenvalue weighted by Gasteiger charge is -2.33. The molecule has 1 amide bonds. The van der Waals surface area contributed by atoms with Gasteiger partial charge in [0, 0.05) is 19.0 Å². The number of carbonyl (C=O) groups is 2. The van der Waals surface area contributed by atoms with Crippen LogP contribution in [0.15, 0.2) is 53.4 Å². The van der Waals surface area contributed by atoms with Crippen molar-refractivity contribution in [3.05, 3.63) is 65.5 Å². The summed E-state index contributed by atoms with van der Waals surface area (Å²) in [6.07, 6.45) is 0.949. The maximum Gasteiger partial charge on any atom is 0.337 e. The quantitative estimate of drug-likeness (QED) is 0.245. The van der Waals surface area contributed by atoms with Crippen LogP contribution in [0.2, 0.25) is 0 Å². The number of rotatable bonds is 11. The van der Waals surface area contributed by atoms with Crippen molar-refractivity contribution < 1.29 is 40.4 Å². The van der Waals surface area contributed by atoms with Crippen molar-refractivity contribution in [2.24, 2.45) is 11.8 Å². The van der Waals surface area contributed by atoms with E-state index in [2.05, 4.69) is 9.46 Å². The number of ether oxygens (including phenoxy) is 1. The lowest BCUT2D eigenvalue weighted by atomic mass is 9.96.